The molecule has 2 aromatic rings. The Balaban J connectivity index is 1.83. The zero-order chi connectivity index (χ0) is 18.2. The summed E-state index contributed by atoms with van der Waals surface area (Å²) < 4.78 is 15.3. The minimum absolute atomic E-state index is 0.125. The molecule has 0 radical (unpaired) electrons. The summed E-state index contributed by atoms with van der Waals surface area (Å²) in [4.78, 5) is 23.7. The van der Waals surface area contributed by atoms with Crippen molar-refractivity contribution < 1.29 is 28.6 Å². The van der Waals surface area contributed by atoms with Gasteiger partial charge in [-0.15, -0.1) is 0 Å². The third kappa shape index (κ3) is 4.98. The third-order valence-corrected chi connectivity index (χ3v) is 3.42. The number of hydrogen-bond acceptors (Lipinski definition) is 6. The Morgan fingerprint density at radius 2 is 1.92 bits per heavy atom. The monoisotopic (exact) mass is 348 g/mol. The molecule has 0 saturated heterocycles. The first-order chi connectivity index (χ1) is 12.0. The second-order valence-electron chi connectivity index (χ2n) is 5.10. The summed E-state index contributed by atoms with van der Waals surface area (Å²) >= 11 is 0. The molecule has 134 valence electrons. The maximum Gasteiger partial charge on any atom is 0.313 e. The molecule has 0 aliphatic carbocycles. The first-order valence-electron chi connectivity index (χ1n) is 7.57. The SMILES string of the molecule is COc1ccc(NC(=O)C(=O)NCCC(O)c2ccco2)cc1OC. The molecular weight excluding hydrogens is 328 g/mol. The quantitative estimate of drug-likeness (QED) is 0.654. The van der Waals surface area contributed by atoms with Crippen molar-refractivity contribution in [1.82, 2.24) is 5.32 Å². The molecule has 1 heterocycles. The average Bonchev–Trinajstić information content (AvgIpc) is 3.16. The van der Waals surface area contributed by atoms with Crippen molar-refractivity contribution in [2.45, 2.75) is 12.5 Å². The molecule has 8 heteroatoms. The number of anilines is 1. The molecular formula is C17H20N2O6. The van der Waals surface area contributed by atoms with Crippen molar-refractivity contribution in [2.24, 2.45) is 0 Å². The summed E-state index contributed by atoms with van der Waals surface area (Å²) in [5.74, 6) is -0.274. The fourth-order valence-corrected chi connectivity index (χ4v) is 2.13. The lowest BCUT2D eigenvalue weighted by atomic mass is 10.2. The Morgan fingerprint density at radius 1 is 1.16 bits per heavy atom. The van der Waals surface area contributed by atoms with Crippen LogP contribution in [0.3, 0.4) is 0 Å². The number of rotatable bonds is 7. The van der Waals surface area contributed by atoms with Gasteiger partial charge in [0.1, 0.15) is 11.9 Å². The van der Waals surface area contributed by atoms with E-state index < -0.39 is 17.9 Å². The topological polar surface area (TPSA) is 110 Å². The second kappa shape index (κ2) is 8.74. The molecule has 2 rings (SSSR count). The Labute approximate surface area is 144 Å². The molecule has 2 amide bonds. The highest BCUT2D eigenvalue weighted by molar-refractivity contribution is 6.39. The van der Waals surface area contributed by atoms with Crippen molar-refractivity contribution in [3.05, 3.63) is 42.4 Å². The number of carbonyl (C=O) groups excluding carboxylic acids is 2. The second-order valence-corrected chi connectivity index (χ2v) is 5.10. The molecule has 0 bridgehead atoms. The van der Waals surface area contributed by atoms with Gasteiger partial charge in [-0.2, -0.15) is 0 Å². The normalized spacial score (nSPS) is 11.5. The summed E-state index contributed by atoms with van der Waals surface area (Å²) in [6.07, 6.45) is 0.834. The van der Waals surface area contributed by atoms with E-state index in [2.05, 4.69) is 10.6 Å². The zero-order valence-electron chi connectivity index (χ0n) is 13.9. The van der Waals surface area contributed by atoms with Gasteiger partial charge < -0.3 is 29.6 Å². The fraction of sp³-hybridized carbons (Fsp3) is 0.294. The molecule has 3 N–H and O–H groups in total. The maximum absolute atomic E-state index is 11.9. The molecule has 8 nitrogen and oxygen atoms in total. The third-order valence-electron chi connectivity index (χ3n) is 3.42. The summed E-state index contributed by atoms with van der Waals surface area (Å²) in [6, 6.07) is 8.05. The van der Waals surface area contributed by atoms with Gasteiger partial charge >= 0.3 is 11.8 Å². The van der Waals surface area contributed by atoms with Gasteiger partial charge in [0, 0.05) is 18.3 Å². The van der Waals surface area contributed by atoms with Crippen LogP contribution in [-0.4, -0.2) is 37.7 Å². The number of aliphatic hydroxyl groups is 1. The molecule has 1 unspecified atom stereocenters. The van der Waals surface area contributed by atoms with Crippen LogP contribution in [0.25, 0.3) is 0 Å². The fourth-order valence-electron chi connectivity index (χ4n) is 2.13. The van der Waals surface area contributed by atoms with E-state index in [1.54, 1.807) is 30.3 Å². The minimum Gasteiger partial charge on any atom is -0.493 e. The van der Waals surface area contributed by atoms with Gasteiger partial charge in [-0.25, -0.2) is 0 Å². The van der Waals surface area contributed by atoms with Crippen LogP contribution in [0.2, 0.25) is 0 Å². The number of aliphatic hydroxyl groups excluding tert-OH is 1. The molecule has 0 spiro atoms. The Morgan fingerprint density at radius 3 is 2.56 bits per heavy atom. The first kappa shape index (κ1) is 18.3. The van der Waals surface area contributed by atoms with Crippen LogP contribution >= 0.6 is 0 Å². The largest absolute Gasteiger partial charge is 0.493 e. The molecule has 0 aliphatic rings. The minimum atomic E-state index is -0.843. The number of carbonyl (C=O) groups is 2. The predicted molar refractivity (Wildman–Crippen MR) is 89.5 cm³/mol. The summed E-state index contributed by atoms with van der Waals surface area (Å²) in [7, 11) is 2.97. The number of hydrogen-bond donors (Lipinski definition) is 3. The van der Waals surface area contributed by atoms with Crippen molar-refractivity contribution in [1.29, 1.82) is 0 Å². The van der Waals surface area contributed by atoms with Gasteiger partial charge in [-0.1, -0.05) is 0 Å². The number of methoxy groups -OCH3 is 2. The Kier molecular flexibility index (Phi) is 6.41. The van der Waals surface area contributed by atoms with Crippen LogP contribution in [0, 0.1) is 0 Å². The van der Waals surface area contributed by atoms with Crippen molar-refractivity contribution in [3.63, 3.8) is 0 Å². The van der Waals surface area contributed by atoms with Gasteiger partial charge in [0.2, 0.25) is 0 Å². The number of furan rings is 1. The van der Waals surface area contributed by atoms with Crippen LogP contribution in [-0.2, 0) is 9.59 Å². The van der Waals surface area contributed by atoms with E-state index in [1.165, 1.54) is 20.5 Å². The van der Waals surface area contributed by atoms with E-state index in [0.717, 1.165) is 0 Å². The van der Waals surface area contributed by atoms with Gasteiger partial charge in [0.05, 0.1) is 20.5 Å². The van der Waals surface area contributed by atoms with Gasteiger partial charge in [0.25, 0.3) is 0 Å². The van der Waals surface area contributed by atoms with Crippen LogP contribution in [0.5, 0.6) is 11.5 Å². The summed E-state index contributed by atoms with van der Waals surface area (Å²) in [5, 5.41) is 14.7. The molecule has 25 heavy (non-hydrogen) atoms. The van der Waals surface area contributed by atoms with E-state index in [9.17, 15) is 14.7 Å². The summed E-state index contributed by atoms with van der Waals surface area (Å²) in [5.41, 5.74) is 0.397. The molecule has 1 aromatic carbocycles. The predicted octanol–water partition coefficient (Wildman–Crippen LogP) is 1.48. The first-order valence-corrected chi connectivity index (χ1v) is 7.57. The highest BCUT2D eigenvalue weighted by Crippen LogP contribution is 2.29. The highest BCUT2D eigenvalue weighted by Gasteiger charge is 2.16. The standard InChI is InChI=1S/C17H20N2O6/c1-23-14-6-5-11(10-15(14)24-2)19-17(22)16(21)18-8-7-12(20)13-4-3-9-25-13/h3-6,9-10,12,20H,7-8H2,1-2H3,(H,18,21)(H,19,22). The van der Waals surface area contributed by atoms with Gasteiger partial charge in [0.15, 0.2) is 11.5 Å². The number of nitrogens with one attached hydrogen (secondary N) is 2. The lowest BCUT2D eigenvalue weighted by Gasteiger charge is -2.11. The molecule has 0 fully saturated rings. The maximum atomic E-state index is 11.9. The molecule has 1 atom stereocenters. The number of benzene rings is 1. The van der Waals surface area contributed by atoms with Crippen molar-refractivity contribution >= 4 is 17.5 Å². The van der Waals surface area contributed by atoms with E-state index in [1.807, 2.05) is 0 Å². The number of amides is 2. The van der Waals surface area contributed by atoms with Crippen LogP contribution in [0.15, 0.2) is 41.0 Å². The van der Waals surface area contributed by atoms with E-state index in [4.69, 9.17) is 13.9 Å². The van der Waals surface area contributed by atoms with Gasteiger partial charge in [-0.05, 0) is 30.7 Å². The Hall–Kier alpha value is -3.00. The van der Waals surface area contributed by atoms with Crippen LogP contribution in [0.4, 0.5) is 5.69 Å². The van der Waals surface area contributed by atoms with Crippen molar-refractivity contribution in [3.8, 4) is 11.5 Å². The zero-order valence-corrected chi connectivity index (χ0v) is 13.9. The Bertz CT molecular complexity index is 714. The molecule has 0 aliphatic heterocycles. The van der Waals surface area contributed by atoms with Crippen molar-refractivity contribution in [2.75, 3.05) is 26.1 Å². The lowest BCUT2D eigenvalue weighted by molar-refractivity contribution is -0.136. The van der Waals surface area contributed by atoms with E-state index >= 15 is 0 Å². The van der Waals surface area contributed by atoms with Gasteiger partial charge in [-0.3, -0.25) is 9.59 Å². The average molecular weight is 348 g/mol. The molecule has 0 saturated carbocycles. The van der Waals surface area contributed by atoms with Crippen LogP contribution in [0.1, 0.15) is 18.3 Å². The smallest absolute Gasteiger partial charge is 0.313 e. The van der Waals surface area contributed by atoms with E-state index in [-0.39, 0.29) is 13.0 Å². The van der Waals surface area contributed by atoms with Crippen LogP contribution < -0.4 is 20.1 Å². The van der Waals surface area contributed by atoms with E-state index in [0.29, 0.717) is 22.9 Å². The summed E-state index contributed by atoms with van der Waals surface area (Å²) in [6.45, 7) is 0.125. The highest BCUT2D eigenvalue weighted by atomic mass is 16.5. The lowest BCUT2D eigenvalue weighted by Crippen LogP contribution is -2.36. The molecule has 1 aromatic heterocycles. The number of ether oxygens (including phenoxy) is 2.